The van der Waals surface area contributed by atoms with Gasteiger partial charge in [0.2, 0.25) is 0 Å². The molecule has 2 aliphatic rings. The average molecular weight is 543 g/mol. The van der Waals surface area contributed by atoms with Crippen LogP contribution in [0, 0.1) is 20.8 Å². The van der Waals surface area contributed by atoms with Gasteiger partial charge < -0.3 is 10.2 Å². The van der Waals surface area contributed by atoms with Crippen LogP contribution in [0.2, 0.25) is 5.02 Å². The molecule has 0 amide bonds. The number of fused-ring (bicyclic) bond motifs is 4. The van der Waals surface area contributed by atoms with Gasteiger partial charge in [-0.05, 0) is 79.9 Å². The van der Waals surface area contributed by atoms with Crippen molar-refractivity contribution in [1.29, 1.82) is 0 Å². The number of amidine groups is 2. The molecule has 0 bridgehead atoms. The van der Waals surface area contributed by atoms with E-state index in [0.29, 0.717) is 10.9 Å². The van der Waals surface area contributed by atoms with Gasteiger partial charge in [-0.1, -0.05) is 66.2 Å². The van der Waals surface area contributed by atoms with Crippen molar-refractivity contribution in [3.63, 3.8) is 0 Å². The number of aliphatic imine (C=N–C) groups is 2. The molecule has 7 rings (SSSR count). The average Bonchev–Trinajstić information content (AvgIpc) is 3.30. The summed E-state index contributed by atoms with van der Waals surface area (Å²) >= 11 is 6.57. The van der Waals surface area contributed by atoms with Crippen LogP contribution in [0.1, 0.15) is 34.0 Å². The van der Waals surface area contributed by atoms with Crippen LogP contribution >= 0.6 is 11.6 Å². The number of aryl methyl sites for hydroxylation is 3. The van der Waals surface area contributed by atoms with Crippen LogP contribution in [0.15, 0.2) is 107 Å². The van der Waals surface area contributed by atoms with Crippen molar-refractivity contribution < 1.29 is 0 Å². The topological polar surface area (TPSA) is 57.8 Å². The third-order valence-electron chi connectivity index (χ3n) is 7.45. The molecule has 6 nitrogen and oxygen atoms in total. The lowest BCUT2D eigenvalue weighted by Gasteiger charge is -2.40. The number of hydrogen-bond donors (Lipinski definition) is 1. The van der Waals surface area contributed by atoms with Crippen LogP contribution in [0.3, 0.4) is 0 Å². The Balaban J connectivity index is 1.51. The monoisotopic (exact) mass is 542 g/mol. The van der Waals surface area contributed by atoms with Crippen molar-refractivity contribution >= 4 is 46.2 Å². The molecule has 1 atom stereocenters. The minimum atomic E-state index is -0.217. The van der Waals surface area contributed by atoms with E-state index in [1.54, 1.807) is 0 Å². The minimum absolute atomic E-state index is 0.217. The van der Waals surface area contributed by atoms with Crippen molar-refractivity contribution in [2.75, 3.05) is 10.2 Å². The predicted molar refractivity (Wildman–Crippen MR) is 164 cm³/mol. The molecular formula is C33H27ClN6. The summed E-state index contributed by atoms with van der Waals surface area (Å²) in [5, 5.41) is 9.32. The van der Waals surface area contributed by atoms with Gasteiger partial charge in [0, 0.05) is 16.3 Å². The third kappa shape index (κ3) is 4.00. The summed E-state index contributed by atoms with van der Waals surface area (Å²) in [6, 6.07) is 32.6. The Kier molecular flexibility index (Phi) is 5.79. The Morgan fingerprint density at radius 2 is 1.60 bits per heavy atom. The Bertz CT molecular complexity index is 1840. The van der Waals surface area contributed by atoms with E-state index in [2.05, 4.69) is 61.3 Å². The normalized spacial score (nSPS) is 15.5. The molecule has 40 heavy (non-hydrogen) atoms. The third-order valence-corrected chi connectivity index (χ3v) is 7.68. The first-order valence-electron chi connectivity index (χ1n) is 13.3. The number of anilines is 2. The Morgan fingerprint density at radius 3 is 2.42 bits per heavy atom. The number of nitrogens with zero attached hydrogens (tertiary/aromatic N) is 5. The van der Waals surface area contributed by atoms with Gasteiger partial charge in [-0.25, -0.2) is 14.7 Å². The molecule has 0 saturated carbocycles. The summed E-state index contributed by atoms with van der Waals surface area (Å²) < 4.78 is 1.93. The quantitative estimate of drug-likeness (QED) is 0.250. The van der Waals surface area contributed by atoms with Crippen molar-refractivity contribution in [3.05, 3.63) is 130 Å². The molecular weight excluding hydrogens is 516 g/mol. The Morgan fingerprint density at radius 1 is 0.800 bits per heavy atom. The smallest absolute Gasteiger partial charge is 0.179 e. The summed E-state index contributed by atoms with van der Waals surface area (Å²) in [7, 11) is 0. The fourth-order valence-electron chi connectivity index (χ4n) is 5.54. The molecule has 0 fully saturated rings. The summed E-state index contributed by atoms with van der Waals surface area (Å²) in [6.07, 6.45) is 0. The molecule has 0 aliphatic carbocycles. The van der Waals surface area contributed by atoms with Gasteiger partial charge >= 0.3 is 0 Å². The van der Waals surface area contributed by atoms with E-state index in [1.807, 2.05) is 71.4 Å². The van der Waals surface area contributed by atoms with Crippen molar-refractivity contribution in [1.82, 2.24) is 9.78 Å². The van der Waals surface area contributed by atoms with Crippen molar-refractivity contribution in [2.45, 2.75) is 26.8 Å². The highest BCUT2D eigenvalue weighted by Gasteiger charge is 2.41. The lowest BCUT2D eigenvalue weighted by Crippen LogP contribution is -2.46. The molecule has 0 radical (unpaired) electrons. The second-order valence-electron chi connectivity index (χ2n) is 10.2. The van der Waals surface area contributed by atoms with Crippen LogP contribution in [0.5, 0.6) is 0 Å². The number of benzene rings is 4. The molecule has 0 unspecified atom stereocenters. The van der Waals surface area contributed by atoms with E-state index in [0.717, 1.165) is 56.8 Å². The number of halogens is 1. The van der Waals surface area contributed by atoms with Crippen LogP contribution in [-0.4, -0.2) is 21.5 Å². The molecule has 2 aliphatic heterocycles. The number of hydrogen-bond acceptors (Lipinski definition) is 5. The fourth-order valence-corrected chi connectivity index (χ4v) is 5.74. The first kappa shape index (κ1) is 24.4. The highest BCUT2D eigenvalue weighted by molar-refractivity contribution is 6.51. The summed E-state index contributed by atoms with van der Waals surface area (Å²) in [5.74, 6) is 2.20. The summed E-state index contributed by atoms with van der Waals surface area (Å²) in [6.45, 7) is 6.24. The number of rotatable bonds is 3. The Labute approximate surface area is 238 Å². The molecule has 0 saturated heterocycles. The zero-order chi connectivity index (χ0) is 27.4. The highest BCUT2D eigenvalue weighted by atomic mass is 35.5. The molecule has 1 aromatic heterocycles. The molecule has 7 heteroatoms. The van der Waals surface area contributed by atoms with Gasteiger partial charge in [-0.3, -0.25) is 0 Å². The van der Waals surface area contributed by atoms with Gasteiger partial charge in [0.25, 0.3) is 0 Å². The number of nitrogens with one attached hydrogen (secondary N) is 1. The second-order valence-corrected chi connectivity index (χ2v) is 10.7. The highest BCUT2D eigenvalue weighted by Crippen LogP contribution is 2.48. The maximum absolute atomic E-state index is 6.57. The van der Waals surface area contributed by atoms with Gasteiger partial charge in [0.05, 0.1) is 28.8 Å². The Hall–Kier alpha value is -4.68. The zero-order valence-corrected chi connectivity index (χ0v) is 23.2. The molecule has 0 spiro atoms. The molecule has 3 heterocycles. The zero-order valence-electron chi connectivity index (χ0n) is 22.4. The molecule has 1 N–H and O–H groups in total. The number of para-hydroxylation sites is 3. The van der Waals surface area contributed by atoms with E-state index in [-0.39, 0.29) is 6.04 Å². The standard InChI is InChI=1S/C33H27ClN6/c1-20-16-17-21(2)27(18-20)36-31-33-37-32-29(22(3)38-40(32)25-12-5-4-6-13-25)30(23-10-9-11-24(34)19-23)39(33)28-15-8-7-14-26(28)35-31/h4-19,30H,1-3H3,(H,35,36)/t30-/m0/s1. The van der Waals surface area contributed by atoms with Crippen LogP contribution in [0.25, 0.3) is 5.69 Å². The van der Waals surface area contributed by atoms with E-state index in [1.165, 1.54) is 5.56 Å². The van der Waals surface area contributed by atoms with E-state index >= 15 is 0 Å². The number of aromatic nitrogens is 2. The van der Waals surface area contributed by atoms with E-state index in [9.17, 15) is 0 Å². The molecule has 196 valence electrons. The van der Waals surface area contributed by atoms with Gasteiger partial charge in [-0.2, -0.15) is 5.10 Å². The maximum Gasteiger partial charge on any atom is 0.179 e. The van der Waals surface area contributed by atoms with Gasteiger partial charge in [0.15, 0.2) is 17.5 Å². The second kappa shape index (κ2) is 9.50. The van der Waals surface area contributed by atoms with Crippen LogP contribution < -0.4 is 10.2 Å². The first-order chi connectivity index (χ1) is 19.5. The maximum atomic E-state index is 6.57. The van der Waals surface area contributed by atoms with E-state index < -0.39 is 0 Å². The van der Waals surface area contributed by atoms with Gasteiger partial charge in [0.1, 0.15) is 0 Å². The van der Waals surface area contributed by atoms with Crippen molar-refractivity contribution in [3.8, 4) is 5.69 Å². The lowest BCUT2D eigenvalue weighted by molar-refractivity contribution is 0.815. The largest absolute Gasteiger partial charge is 0.337 e. The molecule has 5 aromatic rings. The van der Waals surface area contributed by atoms with Crippen LogP contribution in [0.4, 0.5) is 22.9 Å². The molecule has 4 aromatic carbocycles. The van der Waals surface area contributed by atoms with Crippen LogP contribution in [-0.2, 0) is 0 Å². The SMILES string of the molecule is Cc1ccc(C)c(NC2=Nc3ccccc3N3C2=Nc2c(c(C)nn2-c2ccccc2)[C@@H]3c2cccc(Cl)c2)c1. The summed E-state index contributed by atoms with van der Waals surface area (Å²) in [4.78, 5) is 12.7. The van der Waals surface area contributed by atoms with Gasteiger partial charge in [-0.15, -0.1) is 0 Å². The summed E-state index contributed by atoms with van der Waals surface area (Å²) in [5.41, 5.74) is 9.11. The van der Waals surface area contributed by atoms with Crippen molar-refractivity contribution in [2.24, 2.45) is 9.98 Å². The lowest BCUT2D eigenvalue weighted by atomic mass is 9.93. The fraction of sp³-hybridized carbons (Fsp3) is 0.121. The first-order valence-corrected chi connectivity index (χ1v) is 13.7. The predicted octanol–water partition coefficient (Wildman–Crippen LogP) is 8.25. The minimum Gasteiger partial charge on any atom is -0.337 e. The van der Waals surface area contributed by atoms with E-state index in [4.69, 9.17) is 26.7 Å².